The summed E-state index contributed by atoms with van der Waals surface area (Å²) in [5.74, 6) is -1.58. The lowest BCUT2D eigenvalue weighted by atomic mass is 10.0. The molecular weight excluding hydrogens is 263 g/mol. The average Bonchev–Trinajstić information content (AvgIpc) is 3.22. The molecule has 1 aliphatic rings. The van der Waals surface area contributed by atoms with Crippen LogP contribution in [-0.4, -0.2) is 6.04 Å². The maximum atomic E-state index is 13.7. The molecule has 1 aliphatic carbocycles. The Kier molecular flexibility index (Phi) is 3.49. The largest absolute Gasteiger partial charge is 0.310 e. The number of benzene rings is 2. The molecule has 1 saturated carbocycles. The maximum absolute atomic E-state index is 13.7. The van der Waals surface area contributed by atoms with Crippen LogP contribution >= 0.6 is 0 Å². The predicted octanol–water partition coefficient (Wildman–Crippen LogP) is 4.02. The SMILES string of the molecule is Fc1ccc(-c2ccc(F)c(CNC3CC3)c2)c(F)c1. The molecule has 0 atom stereocenters. The van der Waals surface area contributed by atoms with E-state index < -0.39 is 11.6 Å². The van der Waals surface area contributed by atoms with Gasteiger partial charge >= 0.3 is 0 Å². The molecule has 4 heteroatoms. The van der Waals surface area contributed by atoms with E-state index in [0.29, 0.717) is 23.7 Å². The minimum Gasteiger partial charge on any atom is -0.310 e. The van der Waals surface area contributed by atoms with Gasteiger partial charge < -0.3 is 5.32 Å². The molecule has 104 valence electrons. The predicted molar refractivity (Wildman–Crippen MR) is 71.6 cm³/mol. The standard InChI is InChI=1S/C16H14F3N/c17-12-2-5-14(16(19)8-12)10-1-6-15(18)11(7-10)9-20-13-3-4-13/h1-2,5-8,13,20H,3-4,9H2. The summed E-state index contributed by atoms with van der Waals surface area (Å²) in [6.45, 7) is 0.424. The zero-order valence-corrected chi connectivity index (χ0v) is 10.8. The monoisotopic (exact) mass is 277 g/mol. The van der Waals surface area contributed by atoms with E-state index >= 15 is 0 Å². The second kappa shape index (κ2) is 5.29. The molecule has 0 amide bonds. The first-order valence-electron chi connectivity index (χ1n) is 6.61. The van der Waals surface area contributed by atoms with Crippen molar-refractivity contribution in [2.75, 3.05) is 0 Å². The topological polar surface area (TPSA) is 12.0 Å². The molecule has 0 saturated heterocycles. The number of halogens is 3. The third-order valence-electron chi connectivity index (χ3n) is 3.45. The fourth-order valence-corrected chi connectivity index (χ4v) is 2.14. The van der Waals surface area contributed by atoms with E-state index in [1.165, 1.54) is 24.3 Å². The molecule has 0 radical (unpaired) electrons. The van der Waals surface area contributed by atoms with Crippen molar-refractivity contribution in [3.8, 4) is 11.1 Å². The van der Waals surface area contributed by atoms with Gasteiger partial charge in [-0.25, -0.2) is 13.2 Å². The van der Waals surface area contributed by atoms with Crippen LogP contribution in [0, 0.1) is 17.5 Å². The van der Waals surface area contributed by atoms with E-state index in [9.17, 15) is 13.2 Å². The van der Waals surface area contributed by atoms with E-state index in [-0.39, 0.29) is 11.4 Å². The van der Waals surface area contributed by atoms with Gasteiger partial charge in [0.25, 0.3) is 0 Å². The van der Waals surface area contributed by atoms with Crippen LogP contribution in [0.5, 0.6) is 0 Å². The van der Waals surface area contributed by atoms with Crippen molar-refractivity contribution in [3.05, 3.63) is 59.4 Å². The Labute approximate surface area is 115 Å². The minimum absolute atomic E-state index is 0.277. The molecule has 0 unspecified atom stereocenters. The maximum Gasteiger partial charge on any atom is 0.133 e. The van der Waals surface area contributed by atoms with Crippen molar-refractivity contribution in [3.63, 3.8) is 0 Å². The lowest BCUT2D eigenvalue weighted by Gasteiger charge is -2.09. The van der Waals surface area contributed by atoms with Crippen molar-refractivity contribution < 1.29 is 13.2 Å². The van der Waals surface area contributed by atoms with Crippen molar-refractivity contribution >= 4 is 0 Å². The van der Waals surface area contributed by atoms with E-state index in [1.54, 1.807) is 6.07 Å². The third kappa shape index (κ3) is 2.85. The van der Waals surface area contributed by atoms with Crippen LogP contribution in [0.1, 0.15) is 18.4 Å². The summed E-state index contributed by atoms with van der Waals surface area (Å²) < 4.78 is 40.4. The molecule has 0 aromatic heterocycles. The van der Waals surface area contributed by atoms with Crippen molar-refractivity contribution in [2.24, 2.45) is 0 Å². The van der Waals surface area contributed by atoms with Gasteiger partial charge in [-0.05, 0) is 42.7 Å². The Morgan fingerprint density at radius 1 is 0.950 bits per heavy atom. The molecule has 1 nitrogen and oxygen atoms in total. The first-order valence-corrected chi connectivity index (χ1v) is 6.61. The van der Waals surface area contributed by atoms with Gasteiger partial charge in [-0.2, -0.15) is 0 Å². The van der Waals surface area contributed by atoms with Gasteiger partial charge in [-0.1, -0.05) is 6.07 Å². The van der Waals surface area contributed by atoms with Gasteiger partial charge in [0.2, 0.25) is 0 Å². The highest BCUT2D eigenvalue weighted by Gasteiger charge is 2.20. The zero-order chi connectivity index (χ0) is 14.1. The van der Waals surface area contributed by atoms with Gasteiger partial charge in [-0.15, -0.1) is 0 Å². The molecule has 1 N–H and O–H groups in total. The lowest BCUT2D eigenvalue weighted by Crippen LogP contribution is -2.16. The fourth-order valence-electron chi connectivity index (χ4n) is 2.14. The Hall–Kier alpha value is -1.81. The number of nitrogens with one attached hydrogen (secondary N) is 1. The summed E-state index contributed by atoms with van der Waals surface area (Å²) in [4.78, 5) is 0. The second-order valence-corrected chi connectivity index (χ2v) is 5.09. The Morgan fingerprint density at radius 3 is 2.45 bits per heavy atom. The molecule has 0 spiro atoms. The van der Waals surface area contributed by atoms with Crippen LogP contribution in [0.3, 0.4) is 0 Å². The van der Waals surface area contributed by atoms with E-state index in [4.69, 9.17) is 0 Å². The van der Waals surface area contributed by atoms with Crippen LogP contribution in [0.25, 0.3) is 11.1 Å². The second-order valence-electron chi connectivity index (χ2n) is 5.09. The van der Waals surface area contributed by atoms with Crippen molar-refractivity contribution in [2.45, 2.75) is 25.4 Å². The van der Waals surface area contributed by atoms with Crippen LogP contribution in [0.2, 0.25) is 0 Å². The summed E-state index contributed by atoms with van der Waals surface area (Å²) >= 11 is 0. The summed E-state index contributed by atoms with van der Waals surface area (Å²) in [5, 5.41) is 3.22. The van der Waals surface area contributed by atoms with Gasteiger partial charge in [0, 0.05) is 29.8 Å². The van der Waals surface area contributed by atoms with Gasteiger partial charge in [0.1, 0.15) is 17.5 Å². The average molecular weight is 277 g/mol. The first-order chi connectivity index (χ1) is 9.63. The van der Waals surface area contributed by atoms with Gasteiger partial charge in [-0.3, -0.25) is 0 Å². The molecule has 2 aromatic carbocycles. The molecular formula is C16H14F3N. The Balaban J connectivity index is 1.90. The smallest absolute Gasteiger partial charge is 0.133 e. The molecule has 0 heterocycles. The minimum atomic E-state index is -0.641. The van der Waals surface area contributed by atoms with Crippen LogP contribution < -0.4 is 5.32 Å². The molecule has 0 bridgehead atoms. The number of rotatable bonds is 4. The van der Waals surface area contributed by atoms with Crippen LogP contribution in [-0.2, 0) is 6.54 Å². The number of hydrogen-bond acceptors (Lipinski definition) is 1. The molecule has 0 aliphatic heterocycles. The first kappa shape index (κ1) is 13.2. The van der Waals surface area contributed by atoms with Crippen molar-refractivity contribution in [1.82, 2.24) is 5.32 Å². The highest BCUT2D eigenvalue weighted by molar-refractivity contribution is 5.65. The highest BCUT2D eigenvalue weighted by Crippen LogP contribution is 2.26. The van der Waals surface area contributed by atoms with Crippen LogP contribution in [0.4, 0.5) is 13.2 Å². The number of hydrogen-bond donors (Lipinski definition) is 1. The summed E-state index contributed by atoms with van der Waals surface area (Å²) in [5.41, 5.74) is 1.33. The third-order valence-corrected chi connectivity index (χ3v) is 3.45. The van der Waals surface area contributed by atoms with Gasteiger partial charge in [0.15, 0.2) is 0 Å². The molecule has 3 rings (SSSR count). The molecule has 1 fully saturated rings. The Morgan fingerprint density at radius 2 is 1.75 bits per heavy atom. The van der Waals surface area contributed by atoms with E-state index in [2.05, 4.69) is 5.32 Å². The molecule has 20 heavy (non-hydrogen) atoms. The van der Waals surface area contributed by atoms with E-state index in [1.807, 2.05) is 0 Å². The van der Waals surface area contributed by atoms with E-state index in [0.717, 1.165) is 18.9 Å². The lowest BCUT2D eigenvalue weighted by molar-refractivity contribution is 0.583. The summed E-state index contributed by atoms with van der Waals surface area (Å²) in [6, 6.07) is 8.32. The highest BCUT2D eigenvalue weighted by atomic mass is 19.1. The Bertz CT molecular complexity index is 636. The quantitative estimate of drug-likeness (QED) is 0.890. The van der Waals surface area contributed by atoms with Gasteiger partial charge in [0.05, 0.1) is 0 Å². The van der Waals surface area contributed by atoms with Crippen LogP contribution in [0.15, 0.2) is 36.4 Å². The zero-order valence-electron chi connectivity index (χ0n) is 10.8. The summed E-state index contributed by atoms with van der Waals surface area (Å²) in [7, 11) is 0. The fraction of sp³-hybridized carbons (Fsp3) is 0.250. The molecule has 2 aromatic rings. The summed E-state index contributed by atoms with van der Waals surface area (Å²) in [6.07, 6.45) is 2.24. The normalized spacial score (nSPS) is 14.6. The van der Waals surface area contributed by atoms with Crippen molar-refractivity contribution in [1.29, 1.82) is 0 Å².